The Hall–Kier alpha value is -3.85. The molecule has 3 heteroatoms. The third-order valence-corrected chi connectivity index (χ3v) is 7.23. The number of aryl methyl sites for hydroxylation is 1. The lowest BCUT2D eigenvalue weighted by molar-refractivity contribution is 0.688. The molecule has 0 saturated carbocycles. The first-order valence-corrected chi connectivity index (χ1v) is 13.0. The third-order valence-electron chi connectivity index (χ3n) is 7.23. The van der Waals surface area contributed by atoms with Gasteiger partial charge in [0.15, 0.2) is 0 Å². The van der Waals surface area contributed by atoms with Gasteiger partial charge in [-0.25, -0.2) is 4.98 Å². The standard InChI is InChI=1S/C33H35N3/c1-4-24(2)27-16-18-28(19-17-27)25(3)35-33-32-31(20-21-34-33)11-8-22-36(32)23-26-12-14-30(15-13-26)29-9-6-5-7-10-29/h5-7,9-10,12-21,25H,2,4,8,11,22-23H2,1,3H3,(H,34,35). The lowest BCUT2D eigenvalue weighted by atomic mass is 9.99. The summed E-state index contributed by atoms with van der Waals surface area (Å²) in [6, 6.07) is 30.6. The van der Waals surface area contributed by atoms with Gasteiger partial charge in [0.2, 0.25) is 0 Å². The lowest BCUT2D eigenvalue weighted by Crippen LogP contribution is -2.30. The van der Waals surface area contributed by atoms with Gasteiger partial charge in [-0.05, 0) is 71.2 Å². The highest BCUT2D eigenvalue weighted by Gasteiger charge is 2.22. The summed E-state index contributed by atoms with van der Waals surface area (Å²) in [7, 11) is 0. The van der Waals surface area contributed by atoms with E-state index in [1.807, 2.05) is 6.20 Å². The van der Waals surface area contributed by atoms with Gasteiger partial charge in [-0.2, -0.15) is 0 Å². The number of nitrogens with one attached hydrogen (secondary N) is 1. The van der Waals surface area contributed by atoms with Gasteiger partial charge in [0, 0.05) is 19.3 Å². The predicted molar refractivity (Wildman–Crippen MR) is 153 cm³/mol. The largest absolute Gasteiger partial charge is 0.364 e. The van der Waals surface area contributed by atoms with E-state index in [9.17, 15) is 0 Å². The van der Waals surface area contributed by atoms with Crippen molar-refractivity contribution in [3.8, 4) is 11.1 Å². The number of pyridine rings is 1. The van der Waals surface area contributed by atoms with Gasteiger partial charge in [0.1, 0.15) is 5.82 Å². The lowest BCUT2D eigenvalue weighted by Gasteiger charge is -2.33. The van der Waals surface area contributed by atoms with Gasteiger partial charge in [-0.15, -0.1) is 0 Å². The predicted octanol–water partition coefficient (Wildman–Crippen LogP) is 8.30. The maximum atomic E-state index is 4.80. The molecule has 1 atom stereocenters. The van der Waals surface area contributed by atoms with Crippen LogP contribution in [-0.4, -0.2) is 11.5 Å². The van der Waals surface area contributed by atoms with Gasteiger partial charge in [0.25, 0.3) is 0 Å². The molecule has 36 heavy (non-hydrogen) atoms. The molecule has 3 nitrogen and oxygen atoms in total. The van der Waals surface area contributed by atoms with Crippen LogP contribution in [0.3, 0.4) is 0 Å². The van der Waals surface area contributed by atoms with E-state index in [-0.39, 0.29) is 6.04 Å². The smallest absolute Gasteiger partial charge is 0.150 e. The number of allylic oxidation sites excluding steroid dienone is 1. The summed E-state index contributed by atoms with van der Waals surface area (Å²) in [6.45, 7) is 10.4. The number of hydrogen-bond donors (Lipinski definition) is 1. The van der Waals surface area contributed by atoms with Crippen molar-refractivity contribution in [3.63, 3.8) is 0 Å². The number of rotatable bonds is 8. The molecule has 0 amide bonds. The van der Waals surface area contributed by atoms with Gasteiger partial charge < -0.3 is 10.2 Å². The Morgan fingerprint density at radius 3 is 2.39 bits per heavy atom. The topological polar surface area (TPSA) is 28.2 Å². The molecule has 1 aliphatic heterocycles. The number of anilines is 2. The Labute approximate surface area is 215 Å². The Morgan fingerprint density at radius 1 is 0.944 bits per heavy atom. The van der Waals surface area contributed by atoms with Crippen molar-refractivity contribution < 1.29 is 0 Å². The Bertz CT molecular complexity index is 1310. The molecule has 1 N–H and O–H groups in total. The van der Waals surface area contributed by atoms with Gasteiger partial charge in [-0.1, -0.05) is 92.4 Å². The summed E-state index contributed by atoms with van der Waals surface area (Å²) in [6.07, 6.45) is 5.17. The van der Waals surface area contributed by atoms with E-state index in [4.69, 9.17) is 4.98 Å². The first kappa shape index (κ1) is 23.9. The van der Waals surface area contributed by atoms with Crippen LogP contribution in [-0.2, 0) is 13.0 Å². The van der Waals surface area contributed by atoms with Crippen LogP contribution in [0, 0.1) is 0 Å². The van der Waals surface area contributed by atoms with Gasteiger partial charge in [-0.3, -0.25) is 0 Å². The van der Waals surface area contributed by atoms with Crippen LogP contribution in [0.5, 0.6) is 0 Å². The number of benzene rings is 3. The van der Waals surface area contributed by atoms with Crippen LogP contribution in [0.4, 0.5) is 11.5 Å². The highest BCUT2D eigenvalue weighted by atomic mass is 15.2. The molecule has 1 aliphatic rings. The maximum absolute atomic E-state index is 4.80. The Morgan fingerprint density at radius 2 is 1.67 bits per heavy atom. The molecular weight excluding hydrogens is 438 g/mol. The van der Waals surface area contributed by atoms with Gasteiger partial charge in [0.05, 0.1) is 11.7 Å². The molecule has 0 spiro atoms. The summed E-state index contributed by atoms with van der Waals surface area (Å²) in [5.41, 5.74) is 10.1. The molecular formula is C33H35N3. The second kappa shape index (κ2) is 10.8. The molecule has 0 saturated heterocycles. The molecule has 5 rings (SSSR count). The minimum absolute atomic E-state index is 0.155. The van der Waals surface area contributed by atoms with Crippen molar-refractivity contribution in [3.05, 3.63) is 120 Å². The molecule has 2 heterocycles. The van der Waals surface area contributed by atoms with E-state index in [0.29, 0.717) is 0 Å². The monoisotopic (exact) mass is 473 g/mol. The highest BCUT2D eigenvalue weighted by Crippen LogP contribution is 2.36. The minimum Gasteiger partial charge on any atom is -0.364 e. The number of fused-ring (bicyclic) bond motifs is 1. The fourth-order valence-corrected chi connectivity index (χ4v) is 5.04. The molecule has 0 aliphatic carbocycles. The molecule has 0 fully saturated rings. The first-order valence-electron chi connectivity index (χ1n) is 13.0. The van der Waals surface area contributed by atoms with Gasteiger partial charge >= 0.3 is 0 Å². The average Bonchev–Trinajstić information content (AvgIpc) is 2.94. The van der Waals surface area contributed by atoms with E-state index in [1.54, 1.807) is 0 Å². The van der Waals surface area contributed by atoms with E-state index in [1.165, 1.54) is 44.6 Å². The van der Waals surface area contributed by atoms with Crippen LogP contribution in [0.2, 0.25) is 0 Å². The van der Waals surface area contributed by atoms with Crippen molar-refractivity contribution in [2.24, 2.45) is 0 Å². The molecule has 182 valence electrons. The van der Waals surface area contributed by atoms with E-state index >= 15 is 0 Å². The number of aromatic nitrogens is 1. The zero-order valence-corrected chi connectivity index (χ0v) is 21.4. The fourth-order valence-electron chi connectivity index (χ4n) is 5.04. The molecule has 1 unspecified atom stereocenters. The summed E-state index contributed by atoms with van der Waals surface area (Å²) in [5, 5.41) is 3.72. The van der Waals surface area contributed by atoms with E-state index in [2.05, 4.69) is 116 Å². The normalized spacial score (nSPS) is 13.7. The Balaban J connectivity index is 1.35. The minimum atomic E-state index is 0.155. The number of hydrogen-bond acceptors (Lipinski definition) is 3. The zero-order valence-electron chi connectivity index (χ0n) is 21.4. The molecule has 4 aromatic rings. The second-order valence-corrected chi connectivity index (χ2v) is 9.70. The first-order chi connectivity index (χ1) is 17.6. The van der Waals surface area contributed by atoms with Crippen molar-refractivity contribution in [2.45, 2.75) is 45.7 Å². The molecule has 3 aromatic carbocycles. The molecule has 0 radical (unpaired) electrons. The van der Waals surface area contributed by atoms with E-state index in [0.717, 1.165) is 38.2 Å². The van der Waals surface area contributed by atoms with E-state index < -0.39 is 0 Å². The highest BCUT2D eigenvalue weighted by molar-refractivity contribution is 5.72. The quantitative estimate of drug-likeness (QED) is 0.279. The summed E-state index contributed by atoms with van der Waals surface area (Å²) in [5.74, 6) is 0.975. The summed E-state index contributed by atoms with van der Waals surface area (Å²) < 4.78 is 0. The van der Waals surface area contributed by atoms with Crippen LogP contribution in [0.1, 0.15) is 55.0 Å². The second-order valence-electron chi connectivity index (χ2n) is 9.70. The average molecular weight is 474 g/mol. The van der Waals surface area contributed by atoms with Crippen molar-refractivity contribution in [1.82, 2.24) is 4.98 Å². The Kier molecular flexibility index (Phi) is 7.18. The molecule has 0 bridgehead atoms. The van der Waals surface area contributed by atoms with Crippen molar-refractivity contribution in [2.75, 3.05) is 16.8 Å². The van der Waals surface area contributed by atoms with Crippen molar-refractivity contribution in [1.29, 1.82) is 0 Å². The maximum Gasteiger partial charge on any atom is 0.150 e. The third kappa shape index (κ3) is 5.21. The SMILES string of the molecule is C=C(CC)c1ccc(C(C)Nc2nccc3c2N(Cc2ccc(-c4ccccc4)cc2)CCC3)cc1. The van der Waals surface area contributed by atoms with Crippen LogP contribution in [0.15, 0.2) is 97.7 Å². The zero-order chi connectivity index (χ0) is 24.9. The summed E-state index contributed by atoms with van der Waals surface area (Å²) in [4.78, 5) is 7.29. The fraction of sp³-hybridized carbons (Fsp3) is 0.242. The van der Waals surface area contributed by atoms with Crippen molar-refractivity contribution >= 4 is 17.1 Å². The number of nitrogens with zero attached hydrogens (tertiary/aromatic N) is 2. The van der Waals surface area contributed by atoms with Crippen LogP contribution >= 0.6 is 0 Å². The molecule has 1 aromatic heterocycles. The van der Waals surface area contributed by atoms with Crippen LogP contribution < -0.4 is 10.2 Å². The summed E-state index contributed by atoms with van der Waals surface area (Å²) >= 11 is 0. The van der Waals surface area contributed by atoms with Crippen LogP contribution in [0.25, 0.3) is 16.7 Å².